The van der Waals surface area contributed by atoms with Gasteiger partial charge in [0.15, 0.2) is 5.96 Å². The number of benzene rings is 1. The molecule has 0 saturated carbocycles. The molecule has 0 amide bonds. The molecule has 138 valence electrons. The van der Waals surface area contributed by atoms with E-state index in [1.165, 1.54) is 17.7 Å². The van der Waals surface area contributed by atoms with Crippen LogP contribution in [0.25, 0.3) is 10.9 Å². The molecule has 3 rings (SSSR count). The Morgan fingerprint density at radius 2 is 2.19 bits per heavy atom. The molecule has 0 unspecified atom stereocenters. The Morgan fingerprint density at radius 1 is 1.31 bits per heavy atom. The van der Waals surface area contributed by atoms with E-state index in [0.29, 0.717) is 6.54 Å². The SMILES string of the molecule is CCNC(=NCCc1c[nH]c2cc(F)ccc12)NCCc1cnn(C)c1. The van der Waals surface area contributed by atoms with Gasteiger partial charge in [-0.1, -0.05) is 0 Å². The first-order chi connectivity index (χ1) is 12.7. The summed E-state index contributed by atoms with van der Waals surface area (Å²) in [6.45, 7) is 4.31. The van der Waals surface area contributed by atoms with Crippen LogP contribution in [0.1, 0.15) is 18.1 Å². The van der Waals surface area contributed by atoms with E-state index in [9.17, 15) is 4.39 Å². The number of aliphatic imine (C=N–C) groups is 1. The van der Waals surface area contributed by atoms with E-state index in [0.717, 1.165) is 48.4 Å². The fourth-order valence-electron chi connectivity index (χ4n) is 2.92. The maximum Gasteiger partial charge on any atom is 0.191 e. The molecule has 3 N–H and O–H groups in total. The molecular formula is C19H25FN6. The molecule has 0 aliphatic heterocycles. The van der Waals surface area contributed by atoms with Gasteiger partial charge in [0.1, 0.15) is 5.82 Å². The highest BCUT2D eigenvalue weighted by Gasteiger charge is 2.05. The molecule has 2 heterocycles. The van der Waals surface area contributed by atoms with Crippen LogP contribution in [-0.4, -0.2) is 40.4 Å². The normalized spacial score (nSPS) is 11.9. The number of rotatable bonds is 7. The van der Waals surface area contributed by atoms with E-state index < -0.39 is 0 Å². The number of fused-ring (bicyclic) bond motifs is 1. The lowest BCUT2D eigenvalue weighted by Gasteiger charge is -2.10. The Bertz CT molecular complexity index is 879. The van der Waals surface area contributed by atoms with Crippen molar-refractivity contribution >= 4 is 16.9 Å². The summed E-state index contributed by atoms with van der Waals surface area (Å²) in [5.41, 5.74) is 3.17. The van der Waals surface area contributed by atoms with E-state index in [1.807, 2.05) is 43.3 Å². The molecule has 0 radical (unpaired) electrons. The third kappa shape index (κ3) is 4.62. The van der Waals surface area contributed by atoms with Gasteiger partial charge in [-0.05, 0) is 49.1 Å². The molecule has 0 aliphatic rings. The zero-order chi connectivity index (χ0) is 18.4. The Labute approximate surface area is 152 Å². The Balaban J connectivity index is 1.54. The summed E-state index contributed by atoms with van der Waals surface area (Å²) in [6, 6.07) is 4.83. The maximum absolute atomic E-state index is 13.3. The van der Waals surface area contributed by atoms with Gasteiger partial charge >= 0.3 is 0 Å². The topological polar surface area (TPSA) is 70.0 Å². The first-order valence-corrected chi connectivity index (χ1v) is 8.91. The summed E-state index contributed by atoms with van der Waals surface area (Å²) in [6.07, 6.45) is 7.52. The number of hydrogen-bond acceptors (Lipinski definition) is 2. The zero-order valence-electron chi connectivity index (χ0n) is 15.2. The molecule has 0 atom stereocenters. The summed E-state index contributed by atoms with van der Waals surface area (Å²) in [5.74, 6) is 0.582. The maximum atomic E-state index is 13.3. The van der Waals surface area contributed by atoms with Gasteiger partial charge in [-0.25, -0.2) is 4.39 Å². The molecule has 1 aromatic carbocycles. The quantitative estimate of drug-likeness (QED) is 0.450. The average Bonchev–Trinajstić information content (AvgIpc) is 3.21. The third-order valence-corrected chi connectivity index (χ3v) is 4.19. The van der Waals surface area contributed by atoms with Crippen molar-refractivity contribution in [1.82, 2.24) is 25.4 Å². The molecule has 3 aromatic rings. The Kier molecular flexibility index (Phi) is 5.88. The highest BCUT2D eigenvalue weighted by atomic mass is 19.1. The number of nitrogens with zero attached hydrogens (tertiary/aromatic N) is 3. The van der Waals surface area contributed by atoms with Crippen molar-refractivity contribution in [3.05, 3.63) is 53.7 Å². The highest BCUT2D eigenvalue weighted by Crippen LogP contribution is 2.19. The van der Waals surface area contributed by atoms with Crippen molar-refractivity contribution in [1.29, 1.82) is 0 Å². The van der Waals surface area contributed by atoms with Crippen molar-refractivity contribution < 1.29 is 4.39 Å². The van der Waals surface area contributed by atoms with Gasteiger partial charge in [-0.3, -0.25) is 9.67 Å². The number of halogens is 1. The van der Waals surface area contributed by atoms with Crippen LogP contribution in [0.5, 0.6) is 0 Å². The molecule has 0 saturated heterocycles. The molecular weight excluding hydrogens is 331 g/mol. The van der Waals surface area contributed by atoms with E-state index in [-0.39, 0.29) is 5.82 Å². The van der Waals surface area contributed by atoms with E-state index in [4.69, 9.17) is 0 Å². The summed E-state index contributed by atoms with van der Waals surface area (Å²) in [5, 5.41) is 11.8. The van der Waals surface area contributed by atoms with Gasteiger partial charge in [-0.15, -0.1) is 0 Å². The minimum atomic E-state index is -0.226. The first kappa shape index (κ1) is 18.0. The van der Waals surface area contributed by atoms with Crippen molar-refractivity contribution in [2.45, 2.75) is 19.8 Å². The predicted octanol–water partition coefficient (Wildman–Crippen LogP) is 2.38. The minimum Gasteiger partial charge on any atom is -0.361 e. The monoisotopic (exact) mass is 356 g/mol. The number of H-pyrrole nitrogens is 1. The second-order valence-electron chi connectivity index (χ2n) is 6.21. The molecule has 0 bridgehead atoms. The van der Waals surface area contributed by atoms with Crippen molar-refractivity contribution in [2.75, 3.05) is 19.6 Å². The van der Waals surface area contributed by atoms with Crippen LogP contribution in [0.3, 0.4) is 0 Å². The van der Waals surface area contributed by atoms with E-state index in [1.54, 1.807) is 0 Å². The standard InChI is InChI=1S/C19H25FN6/c1-3-21-19(22-8-6-14-11-25-26(2)13-14)23-9-7-15-12-24-18-10-16(20)4-5-17(15)18/h4-5,10-13,24H,3,6-9H2,1-2H3,(H2,21,22,23). The van der Waals surface area contributed by atoms with Gasteiger partial charge in [0.2, 0.25) is 0 Å². The average molecular weight is 356 g/mol. The van der Waals surface area contributed by atoms with Gasteiger partial charge in [0.25, 0.3) is 0 Å². The zero-order valence-corrected chi connectivity index (χ0v) is 15.2. The minimum absolute atomic E-state index is 0.226. The van der Waals surface area contributed by atoms with Crippen molar-refractivity contribution in [3.63, 3.8) is 0 Å². The number of hydrogen-bond donors (Lipinski definition) is 3. The molecule has 7 heteroatoms. The fraction of sp³-hybridized carbons (Fsp3) is 0.368. The van der Waals surface area contributed by atoms with Crippen LogP contribution in [0.4, 0.5) is 4.39 Å². The number of nitrogens with one attached hydrogen (secondary N) is 3. The molecule has 0 spiro atoms. The Morgan fingerprint density at radius 3 is 2.96 bits per heavy atom. The van der Waals surface area contributed by atoms with Crippen molar-refractivity contribution in [3.8, 4) is 0 Å². The molecule has 0 fully saturated rings. The van der Waals surface area contributed by atoms with Crippen LogP contribution in [-0.2, 0) is 19.9 Å². The smallest absolute Gasteiger partial charge is 0.191 e. The number of aromatic nitrogens is 3. The van der Waals surface area contributed by atoms with Gasteiger partial charge in [0, 0.05) is 50.0 Å². The van der Waals surface area contributed by atoms with Crippen molar-refractivity contribution in [2.24, 2.45) is 12.0 Å². The lowest BCUT2D eigenvalue weighted by Crippen LogP contribution is -2.38. The van der Waals surface area contributed by atoms with Gasteiger partial charge in [-0.2, -0.15) is 5.10 Å². The molecule has 6 nitrogen and oxygen atoms in total. The van der Waals surface area contributed by atoms with E-state index >= 15 is 0 Å². The molecule has 0 aliphatic carbocycles. The highest BCUT2D eigenvalue weighted by molar-refractivity contribution is 5.83. The van der Waals surface area contributed by atoms with Crippen LogP contribution >= 0.6 is 0 Å². The number of aryl methyl sites for hydroxylation is 1. The lowest BCUT2D eigenvalue weighted by molar-refractivity contribution is 0.629. The van der Waals surface area contributed by atoms with E-state index in [2.05, 4.69) is 25.7 Å². The lowest BCUT2D eigenvalue weighted by atomic mass is 10.1. The number of aromatic amines is 1. The van der Waals surface area contributed by atoms with Gasteiger partial charge < -0.3 is 15.6 Å². The fourth-order valence-corrected chi connectivity index (χ4v) is 2.92. The van der Waals surface area contributed by atoms with Crippen LogP contribution in [0.2, 0.25) is 0 Å². The van der Waals surface area contributed by atoms with Crippen LogP contribution in [0, 0.1) is 5.82 Å². The van der Waals surface area contributed by atoms with Gasteiger partial charge in [0.05, 0.1) is 6.20 Å². The predicted molar refractivity (Wildman–Crippen MR) is 103 cm³/mol. The summed E-state index contributed by atoms with van der Waals surface area (Å²) < 4.78 is 15.1. The summed E-state index contributed by atoms with van der Waals surface area (Å²) in [4.78, 5) is 7.75. The summed E-state index contributed by atoms with van der Waals surface area (Å²) in [7, 11) is 1.92. The number of guanidine groups is 1. The molecule has 26 heavy (non-hydrogen) atoms. The largest absolute Gasteiger partial charge is 0.361 e. The second-order valence-corrected chi connectivity index (χ2v) is 6.21. The third-order valence-electron chi connectivity index (χ3n) is 4.19. The molecule has 2 aromatic heterocycles. The first-order valence-electron chi connectivity index (χ1n) is 8.91. The van der Waals surface area contributed by atoms with Crippen LogP contribution < -0.4 is 10.6 Å². The van der Waals surface area contributed by atoms with Crippen LogP contribution in [0.15, 0.2) is 41.8 Å². The Hall–Kier alpha value is -2.83. The summed E-state index contributed by atoms with van der Waals surface area (Å²) >= 11 is 0. The second kappa shape index (κ2) is 8.51.